The lowest BCUT2D eigenvalue weighted by atomic mass is 10.1. The van der Waals surface area contributed by atoms with E-state index in [9.17, 15) is 0 Å². The Hall–Kier alpha value is -2.00. The molecule has 1 N–H and O–H groups in total. The van der Waals surface area contributed by atoms with Gasteiger partial charge in [-0.3, -0.25) is 0 Å². The van der Waals surface area contributed by atoms with Crippen LogP contribution in [0.4, 0.5) is 0 Å². The maximum Gasteiger partial charge on any atom is 0.161 e. The van der Waals surface area contributed by atoms with Gasteiger partial charge in [-0.05, 0) is 30.2 Å². The van der Waals surface area contributed by atoms with E-state index < -0.39 is 0 Å². The molecule has 2 aromatic rings. The zero-order chi connectivity index (χ0) is 14.4. The lowest BCUT2D eigenvalue weighted by Crippen LogP contribution is -2.12. The van der Waals surface area contributed by atoms with Crippen molar-refractivity contribution in [3.8, 4) is 11.5 Å². The van der Waals surface area contributed by atoms with E-state index >= 15 is 0 Å². The van der Waals surface area contributed by atoms with Crippen molar-refractivity contribution in [2.24, 2.45) is 0 Å². The quantitative estimate of drug-likeness (QED) is 0.874. The van der Waals surface area contributed by atoms with Gasteiger partial charge in [0.25, 0.3) is 0 Å². The summed E-state index contributed by atoms with van der Waals surface area (Å²) in [5.41, 5.74) is 3.76. The second-order valence-electron chi connectivity index (χ2n) is 4.78. The lowest BCUT2D eigenvalue weighted by molar-refractivity contribution is 0.354. The highest BCUT2D eigenvalue weighted by atomic mass is 16.5. The van der Waals surface area contributed by atoms with Gasteiger partial charge in [0.1, 0.15) is 0 Å². The molecule has 3 nitrogen and oxygen atoms in total. The van der Waals surface area contributed by atoms with Gasteiger partial charge in [-0.1, -0.05) is 35.9 Å². The van der Waals surface area contributed by atoms with Crippen LogP contribution in [0.3, 0.4) is 0 Å². The third kappa shape index (κ3) is 3.75. The van der Waals surface area contributed by atoms with Crippen molar-refractivity contribution in [1.82, 2.24) is 5.32 Å². The zero-order valence-electron chi connectivity index (χ0n) is 12.3. The molecule has 0 amide bonds. The maximum atomic E-state index is 5.30. The van der Waals surface area contributed by atoms with Gasteiger partial charge in [0.2, 0.25) is 0 Å². The molecule has 0 radical (unpaired) electrons. The number of nitrogens with one attached hydrogen (secondary N) is 1. The normalized spacial score (nSPS) is 10.3. The van der Waals surface area contributed by atoms with Crippen molar-refractivity contribution in [1.29, 1.82) is 0 Å². The van der Waals surface area contributed by atoms with Gasteiger partial charge in [-0.15, -0.1) is 0 Å². The van der Waals surface area contributed by atoms with Crippen LogP contribution in [0, 0.1) is 6.92 Å². The van der Waals surface area contributed by atoms with Crippen LogP contribution in [0.25, 0.3) is 0 Å². The number of hydrogen-bond acceptors (Lipinski definition) is 3. The van der Waals surface area contributed by atoms with Crippen molar-refractivity contribution in [3.05, 3.63) is 59.2 Å². The number of aryl methyl sites for hydroxylation is 1. The number of benzene rings is 2. The highest BCUT2D eigenvalue weighted by molar-refractivity contribution is 5.42. The van der Waals surface area contributed by atoms with E-state index in [0.717, 1.165) is 24.6 Å². The molecule has 0 atom stereocenters. The minimum absolute atomic E-state index is 0.759. The van der Waals surface area contributed by atoms with Gasteiger partial charge in [0.05, 0.1) is 14.2 Å². The van der Waals surface area contributed by atoms with E-state index in [-0.39, 0.29) is 0 Å². The maximum absolute atomic E-state index is 5.30. The van der Waals surface area contributed by atoms with Crippen LogP contribution in [0.5, 0.6) is 11.5 Å². The molecular weight excluding hydrogens is 250 g/mol. The second-order valence-corrected chi connectivity index (χ2v) is 4.78. The van der Waals surface area contributed by atoms with Crippen molar-refractivity contribution >= 4 is 0 Å². The van der Waals surface area contributed by atoms with Crippen LogP contribution in [-0.4, -0.2) is 14.2 Å². The van der Waals surface area contributed by atoms with E-state index in [1.165, 1.54) is 16.7 Å². The molecule has 3 heteroatoms. The molecule has 0 aliphatic rings. The van der Waals surface area contributed by atoms with Crippen LogP contribution < -0.4 is 14.8 Å². The summed E-state index contributed by atoms with van der Waals surface area (Å²) in [5, 5.41) is 3.44. The topological polar surface area (TPSA) is 30.5 Å². The molecule has 0 bridgehead atoms. The summed E-state index contributed by atoms with van der Waals surface area (Å²) in [6.07, 6.45) is 0. The molecule has 106 valence electrons. The van der Waals surface area contributed by atoms with Crippen LogP contribution in [0.15, 0.2) is 42.5 Å². The smallest absolute Gasteiger partial charge is 0.161 e. The zero-order valence-corrected chi connectivity index (χ0v) is 12.3. The van der Waals surface area contributed by atoms with Gasteiger partial charge in [0.15, 0.2) is 11.5 Å². The summed E-state index contributed by atoms with van der Waals surface area (Å²) in [5.74, 6) is 1.53. The summed E-state index contributed by atoms with van der Waals surface area (Å²) < 4.78 is 10.5. The van der Waals surface area contributed by atoms with Crippen molar-refractivity contribution in [2.45, 2.75) is 20.0 Å². The van der Waals surface area contributed by atoms with E-state index in [0.29, 0.717) is 0 Å². The molecule has 0 unspecified atom stereocenters. The summed E-state index contributed by atoms with van der Waals surface area (Å²) >= 11 is 0. The first-order valence-electron chi connectivity index (χ1n) is 6.70. The predicted octanol–water partition coefficient (Wildman–Crippen LogP) is 3.30. The molecule has 0 saturated heterocycles. The molecule has 0 aliphatic heterocycles. The van der Waals surface area contributed by atoms with E-state index in [1.54, 1.807) is 14.2 Å². The standard InChI is InChI=1S/C17H21NO2/c1-13-5-4-6-14(9-13)11-18-12-15-7-8-16(19-2)17(10-15)20-3/h4-10,18H,11-12H2,1-3H3. The SMILES string of the molecule is COc1ccc(CNCc2cccc(C)c2)cc1OC. The molecule has 0 spiro atoms. The van der Waals surface area contributed by atoms with Crippen molar-refractivity contribution in [2.75, 3.05) is 14.2 Å². The first-order valence-corrected chi connectivity index (χ1v) is 6.70. The first-order chi connectivity index (χ1) is 9.72. The van der Waals surface area contributed by atoms with Crippen LogP contribution in [-0.2, 0) is 13.1 Å². The summed E-state index contributed by atoms with van der Waals surface area (Å²) in [6.45, 7) is 3.77. The Kier molecular flexibility index (Phi) is 5.02. The van der Waals surface area contributed by atoms with Crippen LogP contribution in [0.1, 0.15) is 16.7 Å². The Morgan fingerprint density at radius 3 is 2.20 bits per heavy atom. The molecule has 0 aromatic heterocycles. The van der Waals surface area contributed by atoms with Crippen LogP contribution >= 0.6 is 0 Å². The summed E-state index contributed by atoms with van der Waals surface area (Å²) in [7, 11) is 3.30. The Bertz CT molecular complexity index is 567. The van der Waals surface area contributed by atoms with Gasteiger partial charge < -0.3 is 14.8 Å². The Morgan fingerprint density at radius 2 is 1.55 bits per heavy atom. The monoisotopic (exact) mass is 271 g/mol. The van der Waals surface area contributed by atoms with Gasteiger partial charge in [-0.2, -0.15) is 0 Å². The van der Waals surface area contributed by atoms with E-state index in [2.05, 4.69) is 36.5 Å². The fraction of sp³-hybridized carbons (Fsp3) is 0.294. The Morgan fingerprint density at radius 1 is 0.850 bits per heavy atom. The second kappa shape index (κ2) is 6.96. The van der Waals surface area contributed by atoms with Crippen LogP contribution in [0.2, 0.25) is 0 Å². The highest BCUT2D eigenvalue weighted by Crippen LogP contribution is 2.27. The van der Waals surface area contributed by atoms with Gasteiger partial charge >= 0.3 is 0 Å². The molecule has 2 rings (SSSR count). The predicted molar refractivity (Wildman–Crippen MR) is 81.3 cm³/mol. The first kappa shape index (κ1) is 14.4. The van der Waals surface area contributed by atoms with E-state index in [1.807, 2.05) is 18.2 Å². The molecule has 0 saturated carbocycles. The molecular formula is C17H21NO2. The Balaban J connectivity index is 1.94. The van der Waals surface area contributed by atoms with Crippen molar-refractivity contribution < 1.29 is 9.47 Å². The highest BCUT2D eigenvalue weighted by Gasteiger charge is 2.04. The van der Waals surface area contributed by atoms with E-state index in [4.69, 9.17) is 9.47 Å². The lowest BCUT2D eigenvalue weighted by Gasteiger charge is -2.10. The fourth-order valence-corrected chi connectivity index (χ4v) is 2.16. The number of hydrogen-bond donors (Lipinski definition) is 1. The molecule has 2 aromatic carbocycles. The minimum atomic E-state index is 0.759. The fourth-order valence-electron chi connectivity index (χ4n) is 2.16. The third-order valence-electron chi connectivity index (χ3n) is 3.19. The molecule has 0 heterocycles. The number of rotatable bonds is 6. The third-order valence-corrected chi connectivity index (χ3v) is 3.19. The average molecular weight is 271 g/mol. The Labute approximate surface area is 120 Å². The molecule has 0 fully saturated rings. The summed E-state index contributed by atoms with van der Waals surface area (Å²) in [4.78, 5) is 0. The minimum Gasteiger partial charge on any atom is -0.493 e. The molecule has 20 heavy (non-hydrogen) atoms. The van der Waals surface area contributed by atoms with Crippen molar-refractivity contribution in [3.63, 3.8) is 0 Å². The van der Waals surface area contributed by atoms with Gasteiger partial charge in [-0.25, -0.2) is 0 Å². The average Bonchev–Trinajstić information content (AvgIpc) is 2.47. The largest absolute Gasteiger partial charge is 0.493 e. The summed E-state index contributed by atoms with van der Waals surface area (Å²) in [6, 6.07) is 14.5. The number of ether oxygens (including phenoxy) is 2. The number of methoxy groups -OCH3 is 2. The molecule has 0 aliphatic carbocycles. The van der Waals surface area contributed by atoms with Gasteiger partial charge in [0, 0.05) is 13.1 Å².